The first-order chi connectivity index (χ1) is 13.4. The predicted molar refractivity (Wildman–Crippen MR) is 103 cm³/mol. The van der Waals surface area contributed by atoms with E-state index >= 15 is 0 Å². The van der Waals surface area contributed by atoms with Crippen LogP contribution in [0.2, 0.25) is 0 Å². The predicted octanol–water partition coefficient (Wildman–Crippen LogP) is 1.70. The zero-order valence-electron chi connectivity index (χ0n) is 16.4. The fraction of sp³-hybridized carbons (Fsp3) is 0.571. The van der Waals surface area contributed by atoms with Crippen LogP contribution in [0.4, 0.5) is 0 Å². The van der Waals surface area contributed by atoms with Crippen LogP contribution in [0.25, 0.3) is 0 Å². The summed E-state index contributed by atoms with van der Waals surface area (Å²) in [7, 11) is 4.18. The van der Waals surface area contributed by atoms with Crippen molar-refractivity contribution < 1.29 is 19.1 Å². The van der Waals surface area contributed by atoms with E-state index in [0.29, 0.717) is 24.6 Å². The molecule has 2 aliphatic heterocycles. The first kappa shape index (κ1) is 18.9. The van der Waals surface area contributed by atoms with Crippen molar-refractivity contribution in [2.75, 3.05) is 14.1 Å². The van der Waals surface area contributed by atoms with Gasteiger partial charge in [0, 0.05) is 24.6 Å². The van der Waals surface area contributed by atoms with Crippen LogP contribution in [0.15, 0.2) is 18.2 Å². The molecule has 0 radical (unpaired) electrons. The Morgan fingerprint density at radius 3 is 2.64 bits per heavy atom. The number of rotatable bonds is 4. The molecule has 3 aliphatic rings. The minimum Gasteiger partial charge on any atom is -0.489 e. The molecule has 1 aromatic carbocycles. The number of hydrogen-bond donors (Lipinski definition) is 1. The van der Waals surface area contributed by atoms with E-state index in [0.717, 1.165) is 24.2 Å². The molecule has 0 aromatic heterocycles. The van der Waals surface area contributed by atoms with Gasteiger partial charge < -0.3 is 14.5 Å². The van der Waals surface area contributed by atoms with Crippen LogP contribution in [0.5, 0.6) is 5.75 Å². The molecule has 1 saturated heterocycles. The fourth-order valence-corrected chi connectivity index (χ4v) is 4.60. The number of amides is 3. The van der Waals surface area contributed by atoms with Gasteiger partial charge in [0.15, 0.2) is 0 Å². The van der Waals surface area contributed by atoms with Crippen LogP contribution in [0.3, 0.4) is 0 Å². The number of ether oxygens (including phenoxy) is 1. The van der Waals surface area contributed by atoms with E-state index in [4.69, 9.17) is 4.74 Å². The van der Waals surface area contributed by atoms with Crippen molar-refractivity contribution in [1.82, 2.24) is 15.1 Å². The number of carbonyl (C=O) groups is 3. The molecule has 3 atom stereocenters. The number of hydrogen-bond acceptors (Lipinski definition) is 5. The number of piperidine rings is 1. The van der Waals surface area contributed by atoms with Gasteiger partial charge in [-0.2, -0.15) is 0 Å². The highest BCUT2D eigenvalue weighted by Crippen LogP contribution is 2.32. The van der Waals surface area contributed by atoms with Crippen molar-refractivity contribution in [3.05, 3.63) is 29.3 Å². The van der Waals surface area contributed by atoms with Crippen molar-refractivity contribution in [1.29, 1.82) is 0 Å². The van der Waals surface area contributed by atoms with Gasteiger partial charge in [0.25, 0.3) is 5.91 Å². The Kier molecular flexibility index (Phi) is 5.10. The van der Waals surface area contributed by atoms with Gasteiger partial charge in [0.1, 0.15) is 17.9 Å². The van der Waals surface area contributed by atoms with Gasteiger partial charge in [-0.1, -0.05) is 6.42 Å². The Morgan fingerprint density at radius 1 is 1.11 bits per heavy atom. The molecule has 1 unspecified atom stereocenters. The molecule has 2 heterocycles. The molecular weight excluding hydrogens is 358 g/mol. The third kappa shape index (κ3) is 3.51. The Hall–Kier alpha value is -2.41. The monoisotopic (exact) mass is 385 g/mol. The molecule has 28 heavy (non-hydrogen) atoms. The van der Waals surface area contributed by atoms with E-state index in [2.05, 4.69) is 24.3 Å². The number of nitrogens with one attached hydrogen (secondary N) is 1. The average molecular weight is 385 g/mol. The molecule has 3 amide bonds. The van der Waals surface area contributed by atoms with Gasteiger partial charge >= 0.3 is 0 Å². The Bertz CT molecular complexity index is 807. The average Bonchev–Trinajstić information content (AvgIpc) is 2.98. The maximum atomic E-state index is 12.8. The minimum atomic E-state index is -0.585. The van der Waals surface area contributed by atoms with E-state index < -0.39 is 6.04 Å². The normalized spacial score (nSPS) is 27.8. The molecule has 0 bridgehead atoms. The smallest absolute Gasteiger partial charge is 0.255 e. The number of carbonyl (C=O) groups excluding carboxylic acids is 3. The van der Waals surface area contributed by atoms with Crippen LogP contribution < -0.4 is 10.1 Å². The highest BCUT2D eigenvalue weighted by Gasteiger charge is 2.39. The molecule has 1 aliphatic carbocycles. The van der Waals surface area contributed by atoms with Crippen LogP contribution in [0.1, 0.15) is 54.4 Å². The third-order valence-corrected chi connectivity index (χ3v) is 6.11. The summed E-state index contributed by atoms with van der Waals surface area (Å²) in [5, 5.41) is 2.33. The van der Waals surface area contributed by atoms with Crippen molar-refractivity contribution in [2.45, 2.75) is 63.3 Å². The number of benzene rings is 1. The Labute approximate surface area is 165 Å². The number of likely N-dealkylation sites (N-methyl/N-ethyl adjacent to an activating group) is 1. The molecule has 1 saturated carbocycles. The molecule has 150 valence electrons. The van der Waals surface area contributed by atoms with Gasteiger partial charge in [0.05, 0.1) is 0 Å². The van der Waals surface area contributed by atoms with E-state index in [1.807, 2.05) is 12.1 Å². The highest BCUT2D eigenvalue weighted by atomic mass is 16.5. The molecule has 0 spiro atoms. The minimum absolute atomic E-state index is 0.144. The van der Waals surface area contributed by atoms with Gasteiger partial charge in [-0.25, -0.2) is 0 Å². The molecule has 1 aromatic rings. The van der Waals surface area contributed by atoms with Crippen molar-refractivity contribution in [3.63, 3.8) is 0 Å². The summed E-state index contributed by atoms with van der Waals surface area (Å²) in [6.07, 6.45) is 5.33. The summed E-state index contributed by atoms with van der Waals surface area (Å²) < 4.78 is 6.31. The van der Waals surface area contributed by atoms with Crippen LogP contribution >= 0.6 is 0 Å². The highest BCUT2D eigenvalue weighted by molar-refractivity contribution is 6.05. The molecule has 2 fully saturated rings. The molecule has 4 rings (SSSR count). The first-order valence-corrected chi connectivity index (χ1v) is 10.0. The van der Waals surface area contributed by atoms with E-state index in [9.17, 15) is 14.4 Å². The second kappa shape index (κ2) is 7.54. The molecule has 7 nitrogen and oxygen atoms in total. The topological polar surface area (TPSA) is 79.0 Å². The zero-order chi connectivity index (χ0) is 19.8. The van der Waals surface area contributed by atoms with Gasteiger partial charge in [-0.15, -0.1) is 0 Å². The second-order valence-electron chi connectivity index (χ2n) is 8.19. The van der Waals surface area contributed by atoms with Gasteiger partial charge in [0.2, 0.25) is 11.8 Å². The standard InChI is InChI=1S/C21H27N3O4/c1-23(2)16-5-3-4-6-18(16)28-14-7-8-15-13(11-14)12-24(21(15)27)17-9-10-19(25)22-20(17)26/h7-8,11,16-18H,3-6,9-10,12H2,1-2H3,(H,22,25,26)/t16-,17?,18+/m0/s1. The van der Waals surface area contributed by atoms with Crippen LogP contribution in [-0.4, -0.2) is 59.8 Å². The van der Waals surface area contributed by atoms with Crippen molar-refractivity contribution in [2.24, 2.45) is 0 Å². The lowest BCUT2D eigenvalue weighted by Gasteiger charge is -2.36. The summed E-state index contributed by atoms with van der Waals surface area (Å²) in [5.41, 5.74) is 1.49. The summed E-state index contributed by atoms with van der Waals surface area (Å²) in [5.74, 6) is -0.0377. The largest absolute Gasteiger partial charge is 0.489 e. The number of imide groups is 1. The Morgan fingerprint density at radius 2 is 1.89 bits per heavy atom. The van der Waals surface area contributed by atoms with Gasteiger partial charge in [-0.3, -0.25) is 19.7 Å². The van der Waals surface area contributed by atoms with E-state index in [-0.39, 0.29) is 30.2 Å². The lowest BCUT2D eigenvalue weighted by molar-refractivity contribution is -0.136. The summed E-state index contributed by atoms with van der Waals surface area (Å²) in [6.45, 7) is 0.374. The quantitative estimate of drug-likeness (QED) is 0.798. The number of nitrogens with zero attached hydrogens (tertiary/aromatic N) is 2. The van der Waals surface area contributed by atoms with Gasteiger partial charge in [-0.05, 0) is 63.5 Å². The SMILES string of the molecule is CN(C)[C@H]1CCCC[C@H]1Oc1ccc2c(c1)CN(C1CCC(=O)NC1=O)C2=O. The maximum absolute atomic E-state index is 12.8. The fourth-order valence-electron chi connectivity index (χ4n) is 4.60. The van der Waals surface area contributed by atoms with Crippen LogP contribution in [-0.2, 0) is 16.1 Å². The lowest BCUT2D eigenvalue weighted by Crippen LogP contribution is -2.52. The summed E-state index contributed by atoms with van der Waals surface area (Å²) >= 11 is 0. The Balaban J connectivity index is 1.49. The first-order valence-electron chi connectivity index (χ1n) is 10.0. The van der Waals surface area contributed by atoms with E-state index in [1.54, 1.807) is 11.0 Å². The lowest BCUT2D eigenvalue weighted by atomic mass is 9.91. The molecule has 7 heteroatoms. The summed E-state index contributed by atoms with van der Waals surface area (Å²) in [4.78, 5) is 40.1. The summed E-state index contributed by atoms with van der Waals surface area (Å²) in [6, 6.07) is 5.39. The van der Waals surface area contributed by atoms with Crippen molar-refractivity contribution in [3.8, 4) is 5.75 Å². The third-order valence-electron chi connectivity index (χ3n) is 6.11. The van der Waals surface area contributed by atoms with Crippen molar-refractivity contribution >= 4 is 17.7 Å². The second-order valence-corrected chi connectivity index (χ2v) is 8.19. The van der Waals surface area contributed by atoms with Crippen LogP contribution in [0, 0.1) is 0 Å². The molecular formula is C21H27N3O4. The zero-order valence-corrected chi connectivity index (χ0v) is 16.4. The molecule has 1 N–H and O–H groups in total. The number of fused-ring (bicyclic) bond motifs is 1. The maximum Gasteiger partial charge on any atom is 0.255 e. The van der Waals surface area contributed by atoms with E-state index in [1.165, 1.54) is 12.8 Å².